The molecule has 37 heavy (non-hydrogen) atoms. The van der Waals surface area contributed by atoms with Gasteiger partial charge >= 0.3 is 0 Å². The summed E-state index contributed by atoms with van der Waals surface area (Å²) in [4.78, 5) is 22.3. The van der Waals surface area contributed by atoms with Crippen molar-refractivity contribution in [3.05, 3.63) is 83.1 Å². The molecule has 1 saturated carbocycles. The third-order valence-electron chi connectivity index (χ3n) is 6.19. The number of nitrogens with two attached hydrogens (primary N) is 1. The van der Waals surface area contributed by atoms with E-state index in [9.17, 15) is 9.18 Å². The summed E-state index contributed by atoms with van der Waals surface area (Å²) in [5, 5.41) is 3.40. The van der Waals surface area contributed by atoms with E-state index in [2.05, 4.69) is 34.0 Å². The third-order valence-corrected chi connectivity index (χ3v) is 6.19. The van der Waals surface area contributed by atoms with Gasteiger partial charge in [-0.3, -0.25) is 4.79 Å². The van der Waals surface area contributed by atoms with Crippen LogP contribution in [0.15, 0.2) is 54.9 Å². The fraction of sp³-hybridized carbons (Fsp3) is 0.276. The van der Waals surface area contributed by atoms with Crippen molar-refractivity contribution < 1.29 is 13.9 Å². The fourth-order valence-corrected chi connectivity index (χ4v) is 4.15. The Morgan fingerprint density at radius 2 is 1.89 bits per heavy atom. The lowest BCUT2D eigenvalue weighted by atomic mass is 10.1. The second kappa shape index (κ2) is 10.8. The Hall–Kier alpha value is -4.22. The predicted molar refractivity (Wildman–Crippen MR) is 144 cm³/mol. The minimum atomic E-state index is -0.378. The maximum atomic E-state index is 13.7. The molecule has 1 fully saturated rings. The molecular weight excluding hydrogens is 469 g/mol. The van der Waals surface area contributed by atoms with Gasteiger partial charge in [-0.05, 0) is 61.6 Å². The highest BCUT2D eigenvalue weighted by atomic mass is 19.1. The van der Waals surface area contributed by atoms with Crippen LogP contribution in [0.3, 0.4) is 0 Å². The van der Waals surface area contributed by atoms with Crippen molar-refractivity contribution in [3.63, 3.8) is 0 Å². The lowest BCUT2D eigenvalue weighted by Crippen LogP contribution is -2.18. The molecule has 190 valence electrons. The van der Waals surface area contributed by atoms with E-state index in [1.54, 1.807) is 19.2 Å². The number of rotatable bonds is 5. The van der Waals surface area contributed by atoms with Crippen molar-refractivity contribution >= 4 is 28.4 Å². The van der Waals surface area contributed by atoms with Gasteiger partial charge in [-0.25, -0.2) is 14.4 Å². The first-order valence-electron chi connectivity index (χ1n) is 12.2. The largest absolute Gasteiger partial charge is 0.383 e. The highest BCUT2D eigenvalue weighted by Gasteiger charge is 2.43. The van der Waals surface area contributed by atoms with Crippen LogP contribution >= 0.6 is 0 Å². The van der Waals surface area contributed by atoms with Gasteiger partial charge in [0.1, 0.15) is 29.3 Å². The lowest BCUT2D eigenvalue weighted by molar-refractivity contribution is 0.102. The summed E-state index contributed by atoms with van der Waals surface area (Å²) in [7, 11) is 1.63. The zero-order valence-electron chi connectivity index (χ0n) is 21.4. The number of methoxy groups -OCH3 is 1. The standard InChI is InChI=1S/C27H24FN5O2.C2H6/c1-27(12-13-27)33-21(11-8-17-4-3-5-19(28)14-17)22(23-24(29)30-16-31-25(23)33)26(34)32-20-9-6-18(7-10-20)15-35-2;1-2/h3-7,9-10,14,16H,12-13,15H2,1-2H3,(H,32,34)(H2,29,30,31);1-2H3. The Morgan fingerprint density at radius 1 is 1.16 bits per heavy atom. The molecule has 4 aromatic rings. The zero-order chi connectivity index (χ0) is 26.6. The number of benzene rings is 2. The van der Waals surface area contributed by atoms with E-state index in [1.165, 1.54) is 18.5 Å². The van der Waals surface area contributed by atoms with Crippen molar-refractivity contribution in [2.45, 2.75) is 45.8 Å². The average Bonchev–Trinajstić information content (AvgIpc) is 3.53. The Balaban J connectivity index is 0.00000156. The van der Waals surface area contributed by atoms with Gasteiger partial charge in [0.15, 0.2) is 0 Å². The number of amides is 1. The molecular formula is C29H30FN5O2. The number of halogens is 1. The minimum Gasteiger partial charge on any atom is -0.383 e. The van der Waals surface area contributed by atoms with E-state index in [4.69, 9.17) is 10.5 Å². The number of nitrogens with one attached hydrogen (secondary N) is 1. The average molecular weight is 500 g/mol. The van der Waals surface area contributed by atoms with Crippen LogP contribution < -0.4 is 11.1 Å². The second-order valence-corrected chi connectivity index (χ2v) is 8.86. The fourth-order valence-electron chi connectivity index (χ4n) is 4.15. The van der Waals surface area contributed by atoms with Crippen molar-refractivity contribution in [2.75, 3.05) is 18.2 Å². The first-order chi connectivity index (χ1) is 17.9. The molecule has 0 spiro atoms. The molecule has 2 heterocycles. The Kier molecular flexibility index (Phi) is 7.55. The molecule has 1 aliphatic carbocycles. The van der Waals surface area contributed by atoms with Gasteiger partial charge in [-0.2, -0.15) is 0 Å². The first kappa shape index (κ1) is 25.9. The SMILES string of the molecule is CC.COCc1ccc(NC(=O)c2c(C#Cc3cccc(F)c3)n(C3(C)CC3)c3ncnc(N)c23)cc1. The van der Waals surface area contributed by atoms with Crippen LogP contribution in [0.4, 0.5) is 15.9 Å². The van der Waals surface area contributed by atoms with E-state index >= 15 is 0 Å². The summed E-state index contributed by atoms with van der Waals surface area (Å²) in [6.45, 7) is 6.57. The van der Waals surface area contributed by atoms with Gasteiger partial charge in [0.05, 0.1) is 17.6 Å². The molecule has 7 nitrogen and oxygen atoms in total. The van der Waals surface area contributed by atoms with Crippen LogP contribution in [0.5, 0.6) is 0 Å². The summed E-state index contributed by atoms with van der Waals surface area (Å²) in [5.41, 5.74) is 9.46. The molecule has 1 aliphatic rings. The van der Waals surface area contributed by atoms with E-state index in [-0.39, 0.29) is 23.1 Å². The molecule has 1 amide bonds. The molecule has 2 aromatic carbocycles. The zero-order valence-corrected chi connectivity index (χ0v) is 21.4. The van der Waals surface area contributed by atoms with Crippen LogP contribution in [0.1, 0.15) is 60.8 Å². The molecule has 0 saturated heterocycles. The minimum absolute atomic E-state index is 0.201. The molecule has 5 rings (SSSR count). The van der Waals surface area contributed by atoms with Crippen LogP contribution in [0, 0.1) is 17.7 Å². The quantitative estimate of drug-likeness (QED) is 0.354. The van der Waals surface area contributed by atoms with Crippen molar-refractivity contribution in [1.29, 1.82) is 0 Å². The summed E-state index contributed by atoms with van der Waals surface area (Å²) in [6.07, 6.45) is 3.22. The number of aromatic nitrogens is 3. The van der Waals surface area contributed by atoms with Crippen LogP contribution in [-0.4, -0.2) is 27.6 Å². The molecule has 0 aliphatic heterocycles. The number of carbonyl (C=O) groups is 1. The van der Waals surface area contributed by atoms with Crippen LogP contribution in [-0.2, 0) is 16.9 Å². The third kappa shape index (κ3) is 5.32. The van der Waals surface area contributed by atoms with Crippen molar-refractivity contribution in [2.24, 2.45) is 0 Å². The van der Waals surface area contributed by atoms with Gasteiger partial charge in [0.25, 0.3) is 5.91 Å². The maximum absolute atomic E-state index is 13.7. The number of nitrogens with zero attached hydrogens (tertiary/aromatic N) is 3. The number of carbonyl (C=O) groups excluding carboxylic acids is 1. The molecule has 0 radical (unpaired) electrons. The molecule has 3 N–H and O–H groups in total. The molecule has 0 unspecified atom stereocenters. The monoisotopic (exact) mass is 499 g/mol. The van der Waals surface area contributed by atoms with E-state index in [1.807, 2.05) is 42.7 Å². The normalized spacial score (nSPS) is 13.2. The van der Waals surface area contributed by atoms with Crippen LogP contribution in [0.2, 0.25) is 0 Å². The van der Waals surface area contributed by atoms with Gasteiger partial charge < -0.3 is 20.4 Å². The van der Waals surface area contributed by atoms with Crippen molar-refractivity contribution in [1.82, 2.24) is 14.5 Å². The van der Waals surface area contributed by atoms with E-state index in [0.29, 0.717) is 40.1 Å². The maximum Gasteiger partial charge on any atom is 0.259 e. The smallest absolute Gasteiger partial charge is 0.259 e. The number of hydrogen-bond acceptors (Lipinski definition) is 5. The molecule has 0 bridgehead atoms. The number of nitrogen functional groups attached to an aromatic ring is 1. The first-order valence-corrected chi connectivity index (χ1v) is 12.2. The molecule has 0 atom stereocenters. The summed E-state index contributed by atoms with van der Waals surface area (Å²) in [6, 6.07) is 13.4. The molecule has 8 heteroatoms. The van der Waals surface area contributed by atoms with Crippen LogP contribution in [0.25, 0.3) is 11.0 Å². The highest BCUT2D eigenvalue weighted by molar-refractivity contribution is 6.16. The number of anilines is 2. The molecule has 2 aromatic heterocycles. The Labute approximate surface area is 215 Å². The van der Waals surface area contributed by atoms with Crippen molar-refractivity contribution in [3.8, 4) is 11.8 Å². The second-order valence-electron chi connectivity index (χ2n) is 8.86. The topological polar surface area (TPSA) is 95.1 Å². The van der Waals surface area contributed by atoms with E-state index in [0.717, 1.165) is 18.4 Å². The summed E-state index contributed by atoms with van der Waals surface area (Å²) < 4.78 is 20.9. The van der Waals surface area contributed by atoms with E-state index < -0.39 is 0 Å². The summed E-state index contributed by atoms with van der Waals surface area (Å²) in [5.74, 6) is 5.59. The van der Waals surface area contributed by atoms with Gasteiger partial charge in [0, 0.05) is 23.9 Å². The van der Waals surface area contributed by atoms with Gasteiger partial charge in [-0.15, -0.1) is 0 Å². The highest BCUT2D eigenvalue weighted by Crippen LogP contribution is 2.47. The number of hydrogen-bond donors (Lipinski definition) is 2. The van der Waals surface area contributed by atoms with Gasteiger partial charge in [0.2, 0.25) is 0 Å². The Bertz CT molecular complexity index is 1490. The Morgan fingerprint density at radius 3 is 2.54 bits per heavy atom. The summed E-state index contributed by atoms with van der Waals surface area (Å²) >= 11 is 0. The number of fused-ring (bicyclic) bond motifs is 1. The van der Waals surface area contributed by atoms with Gasteiger partial charge in [-0.1, -0.05) is 38.0 Å². The number of ether oxygens (including phenoxy) is 1. The predicted octanol–water partition coefficient (Wildman–Crippen LogP) is 5.49. The lowest BCUT2D eigenvalue weighted by Gasteiger charge is -2.14.